The summed E-state index contributed by atoms with van der Waals surface area (Å²) in [6.07, 6.45) is 0.116. The second-order valence-electron chi connectivity index (χ2n) is 7.06. The van der Waals surface area contributed by atoms with E-state index in [-0.39, 0.29) is 12.0 Å². The fraction of sp³-hybridized carbons (Fsp3) is 0.429. The Labute approximate surface area is 144 Å². The van der Waals surface area contributed by atoms with E-state index >= 15 is 0 Å². The van der Waals surface area contributed by atoms with Gasteiger partial charge in [0, 0.05) is 5.92 Å². The van der Waals surface area contributed by atoms with E-state index in [0.717, 1.165) is 5.56 Å². The van der Waals surface area contributed by atoms with Crippen molar-refractivity contribution in [3.05, 3.63) is 60.2 Å². The summed E-state index contributed by atoms with van der Waals surface area (Å²) in [5, 5.41) is 10.6. The molecule has 0 aliphatic carbocycles. The maximum atomic E-state index is 10.6. The molecule has 0 saturated carbocycles. The molecule has 1 heterocycles. The third kappa shape index (κ3) is 4.04. The molecule has 2 aromatic rings. The van der Waals surface area contributed by atoms with Gasteiger partial charge < -0.3 is 14.6 Å². The van der Waals surface area contributed by atoms with Gasteiger partial charge in [0.25, 0.3) is 0 Å². The normalized spacial score (nSPS) is 22.2. The number of benzene rings is 2. The summed E-state index contributed by atoms with van der Waals surface area (Å²) in [5.41, 5.74) is 3.53. The predicted octanol–water partition coefficient (Wildman–Crippen LogP) is 4.04. The van der Waals surface area contributed by atoms with Gasteiger partial charge in [-0.3, -0.25) is 0 Å². The van der Waals surface area contributed by atoms with Crippen LogP contribution in [0.1, 0.15) is 26.3 Å². The largest absolute Gasteiger partial charge is 0.392 e. The molecule has 1 saturated heterocycles. The van der Waals surface area contributed by atoms with Crippen LogP contribution in [0.4, 0.5) is 0 Å². The van der Waals surface area contributed by atoms with Gasteiger partial charge in [0.15, 0.2) is 5.79 Å². The van der Waals surface area contributed by atoms with E-state index < -0.39 is 11.9 Å². The van der Waals surface area contributed by atoms with Crippen molar-refractivity contribution in [2.45, 2.75) is 45.2 Å². The summed E-state index contributed by atoms with van der Waals surface area (Å²) >= 11 is 0. The minimum Gasteiger partial charge on any atom is -0.392 e. The molecule has 0 bridgehead atoms. The minimum atomic E-state index is -0.546. The van der Waals surface area contributed by atoms with Crippen LogP contribution in [0.25, 0.3) is 11.1 Å². The highest BCUT2D eigenvalue weighted by Crippen LogP contribution is 2.29. The van der Waals surface area contributed by atoms with E-state index in [4.69, 9.17) is 9.47 Å². The van der Waals surface area contributed by atoms with Crippen molar-refractivity contribution >= 4 is 0 Å². The van der Waals surface area contributed by atoms with Crippen LogP contribution >= 0.6 is 0 Å². The van der Waals surface area contributed by atoms with Crippen LogP contribution in [0.3, 0.4) is 0 Å². The molecule has 0 spiro atoms. The number of aliphatic hydroxyl groups excluding tert-OH is 1. The summed E-state index contributed by atoms with van der Waals surface area (Å²) < 4.78 is 11.5. The van der Waals surface area contributed by atoms with E-state index in [1.165, 1.54) is 11.1 Å². The smallest absolute Gasteiger partial charge is 0.163 e. The van der Waals surface area contributed by atoms with Gasteiger partial charge in [-0.1, -0.05) is 61.5 Å². The van der Waals surface area contributed by atoms with Crippen molar-refractivity contribution in [1.29, 1.82) is 0 Å². The van der Waals surface area contributed by atoms with E-state index in [1.54, 1.807) is 0 Å². The number of hydrogen-bond acceptors (Lipinski definition) is 3. The molecule has 2 unspecified atom stereocenters. The van der Waals surface area contributed by atoms with Gasteiger partial charge in [-0.15, -0.1) is 0 Å². The molecule has 2 aromatic carbocycles. The van der Waals surface area contributed by atoms with E-state index in [2.05, 4.69) is 36.4 Å². The molecular weight excluding hydrogens is 300 g/mol. The summed E-state index contributed by atoms with van der Waals surface area (Å²) in [6, 6.07) is 18.7. The summed E-state index contributed by atoms with van der Waals surface area (Å²) in [6.45, 7) is 6.39. The summed E-state index contributed by atoms with van der Waals surface area (Å²) in [5.74, 6) is -0.517. The molecule has 1 aliphatic rings. The van der Waals surface area contributed by atoms with Crippen LogP contribution < -0.4 is 0 Å². The monoisotopic (exact) mass is 326 g/mol. The molecule has 128 valence electrons. The first-order valence-electron chi connectivity index (χ1n) is 8.59. The lowest BCUT2D eigenvalue weighted by molar-refractivity contribution is -0.148. The zero-order chi connectivity index (χ0) is 17.2. The number of aliphatic hydroxyl groups is 1. The summed E-state index contributed by atoms with van der Waals surface area (Å²) in [7, 11) is 0. The lowest BCUT2D eigenvalue weighted by Gasteiger charge is -2.25. The Balaban J connectivity index is 1.61. The Morgan fingerprint density at radius 3 is 2.25 bits per heavy atom. The van der Waals surface area contributed by atoms with Gasteiger partial charge in [-0.05, 0) is 37.0 Å². The van der Waals surface area contributed by atoms with Gasteiger partial charge in [-0.2, -0.15) is 0 Å². The van der Waals surface area contributed by atoms with Crippen molar-refractivity contribution in [3.8, 4) is 11.1 Å². The van der Waals surface area contributed by atoms with E-state index in [1.807, 2.05) is 39.0 Å². The standard InChI is InChI=1S/C21H26O3/c1-15(20-14-23-21(2,3)24-20)19(22)13-16-9-11-18(12-10-16)17-7-5-4-6-8-17/h4-12,15,19-20,22H,13-14H2,1-3H3/t15?,19?,20-/m1/s1. The molecule has 1 aliphatic heterocycles. The molecule has 24 heavy (non-hydrogen) atoms. The van der Waals surface area contributed by atoms with Crippen LogP contribution in [0.2, 0.25) is 0 Å². The molecule has 3 atom stereocenters. The van der Waals surface area contributed by atoms with Gasteiger partial charge in [0.2, 0.25) is 0 Å². The number of rotatable bonds is 5. The highest BCUT2D eigenvalue weighted by Gasteiger charge is 2.37. The average molecular weight is 326 g/mol. The Hall–Kier alpha value is -1.68. The molecule has 0 aromatic heterocycles. The Kier molecular flexibility index (Phi) is 5.04. The Morgan fingerprint density at radius 2 is 1.67 bits per heavy atom. The van der Waals surface area contributed by atoms with Crippen LogP contribution in [-0.2, 0) is 15.9 Å². The SMILES string of the molecule is CC(C(O)Cc1ccc(-c2ccccc2)cc1)[C@H]1COC(C)(C)O1. The van der Waals surface area contributed by atoms with Crippen LogP contribution in [0.15, 0.2) is 54.6 Å². The minimum absolute atomic E-state index is 0.0283. The first-order chi connectivity index (χ1) is 11.4. The molecule has 3 nitrogen and oxygen atoms in total. The van der Waals surface area contributed by atoms with Crippen molar-refractivity contribution in [3.63, 3.8) is 0 Å². The lowest BCUT2D eigenvalue weighted by atomic mass is 9.92. The number of ether oxygens (including phenoxy) is 2. The van der Waals surface area contributed by atoms with Gasteiger partial charge >= 0.3 is 0 Å². The highest BCUT2D eigenvalue weighted by atomic mass is 16.7. The lowest BCUT2D eigenvalue weighted by Crippen LogP contribution is -2.34. The van der Waals surface area contributed by atoms with E-state index in [9.17, 15) is 5.11 Å². The topological polar surface area (TPSA) is 38.7 Å². The second kappa shape index (κ2) is 7.06. The van der Waals surface area contributed by atoms with Gasteiger partial charge in [0.1, 0.15) is 0 Å². The highest BCUT2D eigenvalue weighted by molar-refractivity contribution is 5.63. The molecule has 0 radical (unpaired) electrons. The maximum Gasteiger partial charge on any atom is 0.163 e. The van der Waals surface area contributed by atoms with Crippen LogP contribution in [0.5, 0.6) is 0 Å². The van der Waals surface area contributed by atoms with Crippen LogP contribution in [0, 0.1) is 5.92 Å². The molecule has 3 heteroatoms. The van der Waals surface area contributed by atoms with Crippen molar-refractivity contribution in [2.75, 3.05) is 6.61 Å². The molecule has 1 N–H and O–H groups in total. The zero-order valence-corrected chi connectivity index (χ0v) is 14.6. The fourth-order valence-electron chi connectivity index (χ4n) is 3.11. The average Bonchev–Trinajstić information content (AvgIpc) is 2.95. The zero-order valence-electron chi connectivity index (χ0n) is 14.6. The van der Waals surface area contributed by atoms with Gasteiger partial charge in [0.05, 0.1) is 18.8 Å². The van der Waals surface area contributed by atoms with Crippen molar-refractivity contribution in [1.82, 2.24) is 0 Å². The molecule has 3 rings (SSSR count). The molecular formula is C21H26O3. The van der Waals surface area contributed by atoms with Crippen LogP contribution in [-0.4, -0.2) is 29.7 Å². The number of hydrogen-bond donors (Lipinski definition) is 1. The van der Waals surface area contributed by atoms with Crippen molar-refractivity contribution in [2.24, 2.45) is 5.92 Å². The van der Waals surface area contributed by atoms with Gasteiger partial charge in [-0.25, -0.2) is 0 Å². The third-order valence-electron chi connectivity index (χ3n) is 4.73. The summed E-state index contributed by atoms with van der Waals surface area (Å²) in [4.78, 5) is 0. The maximum absolute atomic E-state index is 10.6. The fourth-order valence-corrected chi connectivity index (χ4v) is 3.11. The Bertz CT molecular complexity index is 649. The quantitative estimate of drug-likeness (QED) is 0.901. The Morgan fingerprint density at radius 1 is 1.04 bits per heavy atom. The second-order valence-corrected chi connectivity index (χ2v) is 7.06. The van der Waals surface area contributed by atoms with Crippen molar-refractivity contribution < 1.29 is 14.6 Å². The first kappa shape index (κ1) is 17.2. The molecule has 0 amide bonds. The molecule has 1 fully saturated rings. The first-order valence-corrected chi connectivity index (χ1v) is 8.59. The van der Waals surface area contributed by atoms with E-state index in [0.29, 0.717) is 13.0 Å². The third-order valence-corrected chi connectivity index (χ3v) is 4.73. The predicted molar refractivity (Wildman–Crippen MR) is 95.7 cm³/mol.